The van der Waals surface area contributed by atoms with Crippen molar-refractivity contribution < 1.29 is 4.74 Å². The molecule has 106 valence electrons. The lowest BCUT2D eigenvalue weighted by Crippen LogP contribution is -1.93. The number of nitriles is 1. The van der Waals surface area contributed by atoms with Crippen molar-refractivity contribution in [2.24, 2.45) is 0 Å². The van der Waals surface area contributed by atoms with Gasteiger partial charge in [0.2, 0.25) is 5.82 Å². The average Bonchev–Trinajstić information content (AvgIpc) is 2.55. The molecule has 0 radical (unpaired) electrons. The Balaban J connectivity index is 1.96. The van der Waals surface area contributed by atoms with Crippen molar-refractivity contribution in [3.63, 3.8) is 0 Å². The summed E-state index contributed by atoms with van der Waals surface area (Å²) in [6.45, 7) is 2.73. The molecule has 0 aliphatic heterocycles. The van der Waals surface area contributed by atoms with Crippen molar-refractivity contribution in [1.82, 2.24) is 9.97 Å². The Kier molecular flexibility index (Phi) is 5.48. The van der Waals surface area contributed by atoms with E-state index in [1.165, 1.54) is 0 Å². The zero-order valence-electron chi connectivity index (χ0n) is 12.0. The van der Waals surface area contributed by atoms with Gasteiger partial charge >= 0.3 is 0 Å². The number of benzene rings is 1. The van der Waals surface area contributed by atoms with E-state index in [4.69, 9.17) is 10.00 Å². The number of unbranched alkanes of at least 4 members (excludes halogenated alkanes) is 1. The standard InChI is InChI=1S/C17H17N3O/c1-2-3-4-5-10-21-16-8-6-14(7-9-16)15-12-19-17(11-18)20-13-15/h4-9,12-13H,2-3,10H2,1H3. The molecule has 2 rings (SSSR count). The van der Waals surface area contributed by atoms with Gasteiger partial charge in [-0.25, -0.2) is 9.97 Å². The van der Waals surface area contributed by atoms with Gasteiger partial charge in [0.25, 0.3) is 0 Å². The number of aromatic nitrogens is 2. The Morgan fingerprint density at radius 1 is 1.10 bits per heavy atom. The first-order valence-electron chi connectivity index (χ1n) is 6.94. The van der Waals surface area contributed by atoms with Gasteiger partial charge in [-0.05, 0) is 24.1 Å². The van der Waals surface area contributed by atoms with Crippen LogP contribution in [0.5, 0.6) is 5.75 Å². The Bertz CT molecular complexity index is 625. The number of hydrogen-bond donors (Lipinski definition) is 0. The third kappa shape index (κ3) is 4.43. The number of rotatable bonds is 6. The van der Waals surface area contributed by atoms with E-state index in [9.17, 15) is 0 Å². The fourth-order valence-corrected chi connectivity index (χ4v) is 1.78. The van der Waals surface area contributed by atoms with Crippen molar-refractivity contribution in [3.05, 3.63) is 54.6 Å². The van der Waals surface area contributed by atoms with Crippen LogP contribution >= 0.6 is 0 Å². The van der Waals surface area contributed by atoms with Gasteiger partial charge in [0.1, 0.15) is 18.4 Å². The Morgan fingerprint density at radius 2 is 1.81 bits per heavy atom. The second-order valence-electron chi connectivity index (χ2n) is 4.50. The monoisotopic (exact) mass is 279 g/mol. The van der Waals surface area contributed by atoms with Gasteiger partial charge in [-0.1, -0.05) is 37.6 Å². The highest BCUT2D eigenvalue weighted by atomic mass is 16.5. The van der Waals surface area contributed by atoms with Crippen LogP contribution in [0.2, 0.25) is 0 Å². The molecule has 21 heavy (non-hydrogen) atoms. The molecule has 0 bridgehead atoms. The lowest BCUT2D eigenvalue weighted by molar-refractivity contribution is 0.362. The van der Waals surface area contributed by atoms with Gasteiger partial charge in [-0.15, -0.1) is 0 Å². The zero-order valence-corrected chi connectivity index (χ0v) is 12.0. The van der Waals surface area contributed by atoms with E-state index in [1.54, 1.807) is 12.4 Å². The molecule has 0 fully saturated rings. The van der Waals surface area contributed by atoms with E-state index in [1.807, 2.05) is 36.4 Å². The van der Waals surface area contributed by atoms with E-state index in [-0.39, 0.29) is 5.82 Å². The fourth-order valence-electron chi connectivity index (χ4n) is 1.78. The summed E-state index contributed by atoms with van der Waals surface area (Å²) in [6, 6.07) is 9.65. The number of ether oxygens (including phenoxy) is 1. The van der Waals surface area contributed by atoms with Gasteiger partial charge < -0.3 is 4.74 Å². The zero-order chi connectivity index (χ0) is 14.9. The summed E-state index contributed by atoms with van der Waals surface area (Å²) in [5.41, 5.74) is 1.87. The molecule has 4 nitrogen and oxygen atoms in total. The van der Waals surface area contributed by atoms with Crippen LogP contribution in [0, 0.1) is 11.3 Å². The molecule has 0 unspecified atom stereocenters. The molecule has 0 atom stereocenters. The lowest BCUT2D eigenvalue weighted by atomic mass is 10.1. The molecule has 1 aromatic carbocycles. The van der Waals surface area contributed by atoms with Crippen LogP contribution in [0.1, 0.15) is 25.6 Å². The van der Waals surface area contributed by atoms with Crippen LogP contribution < -0.4 is 4.74 Å². The molecule has 0 N–H and O–H groups in total. The van der Waals surface area contributed by atoms with Gasteiger partial charge in [-0.2, -0.15) is 5.26 Å². The summed E-state index contributed by atoms with van der Waals surface area (Å²) in [5.74, 6) is 1.01. The Labute approximate surface area is 124 Å². The first kappa shape index (κ1) is 14.7. The molecule has 1 aromatic heterocycles. The van der Waals surface area contributed by atoms with Crippen LogP contribution in [-0.2, 0) is 0 Å². The van der Waals surface area contributed by atoms with E-state index < -0.39 is 0 Å². The molecule has 0 spiro atoms. The molecule has 2 aromatic rings. The largest absolute Gasteiger partial charge is 0.490 e. The lowest BCUT2D eigenvalue weighted by Gasteiger charge is -2.05. The molecular formula is C17H17N3O. The first-order valence-corrected chi connectivity index (χ1v) is 6.94. The summed E-state index contributed by atoms with van der Waals surface area (Å²) in [6.07, 6.45) is 9.69. The molecule has 0 saturated heterocycles. The van der Waals surface area contributed by atoms with Gasteiger partial charge in [-0.3, -0.25) is 0 Å². The molecule has 0 saturated carbocycles. The summed E-state index contributed by atoms with van der Waals surface area (Å²) in [5, 5.41) is 8.67. The predicted octanol–water partition coefficient (Wildman–Crippen LogP) is 3.75. The third-order valence-electron chi connectivity index (χ3n) is 2.91. The summed E-state index contributed by atoms with van der Waals surface area (Å²) < 4.78 is 5.62. The normalized spacial score (nSPS) is 10.5. The second-order valence-corrected chi connectivity index (χ2v) is 4.50. The highest BCUT2D eigenvalue weighted by Crippen LogP contribution is 2.21. The van der Waals surface area contributed by atoms with Crippen LogP contribution in [0.4, 0.5) is 0 Å². The molecule has 4 heteroatoms. The summed E-state index contributed by atoms with van der Waals surface area (Å²) >= 11 is 0. The topological polar surface area (TPSA) is 58.8 Å². The second kappa shape index (κ2) is 7.81. The predicted molar refractivity (Wildman–Crippen MR) is 81.7 cm³/mol. The maximum atomic E-state index is 8.67. The Hall–Kier alpha value is -2.67. The minimum Gasteiger partial charge on any atom is -0.490 e. The fraction of sp³-hybridized carbons (Fsp3) is 0.235. The highest BCUT2D eigenvalue weighted by molar-refractivity contribution is 5.62. The minimum absolute atomic E-state index is 0.178. The van der Waals surface area contributed by atoms with E-state index >= 15 is 0 Å². The van der Waals surface area contributed by atoms with Gasteiger partial charge in [0, 0.05) is 18.0 Å². The molecule has 1 heterocycles. The molecule has 0 amide bonds. The van der Waals surface area contributed by atoms with Crippen LogP contribution in [-0.4, -0.2) is 16.6 Å². The van der Waals surface area contributed by atoms with Crippen molar-refractivity contribution in [3.8, 4) is 22.9 Å². The van der Waals surface area contributed by atoms with Crippen molar-refractivity contribution >= 4 is 0 Å². The van der Waals surface area contributed by atoms with E-state index in [2.05, 4.69) is 23.0 Å². The smallest absolute Gasteiger partial charge is 0.232 e. The quantitative estimate of drug-likeness (QED) is 0.755. The van der Waals surface area contributed by atoms with Crippen molar-refractivity contribution in [1.29, 1.82) is 5.26 Å². The first-order chi connectivity index (χ1) is 10.3. The molecular weight excluding hydrogens is 262 g/mol. The maximum Gasteiger partial charge on any atom is 0.232 e. The number of hydrogen-bond acceptors (Lipinski definition) is 4. The van der Waals surface area contributed by atoms with E-state index in [0.717, 1.165) is 29.7 Å². The number of allylic oxidation sites excluding steroid dienone is 1. The average molecular weight is 279 g/mol. The van der Waals surface area contributed by atoms with Crippen LogP contribution in [0.3, 0.4) is 0 Å². The van der Waals surface area contributed by atoms with Crippen molar-refractivity contribution in [2.45, 2.75) is 19.8 Å². The van der Waals surface area contributed by atoms with Crippen LogP contribution in [0.15, 0.2) is 48.8 Å². The third-order valence-corrected chi connectivity index (χ3v) is 2.91. The SMILES string of the molecule is CCCC=CCOc1ccc(-c2cnc(C#N)nc2)cc1. The minimum atomic E-state index is 0.178. The maximum absolute atomic E-state index is 8.67. The summed E-state index contributed by atoms with van der Waals surface area (Å²) in [4.78, 5) is 7.92. The number of nitrogens with zero attached hydrogens (tertiary/aromatic N) is 3. The molecule has 0 aliphatic carbocycles. The Morgan fingerprint density at radius 3 is 2.43 bits per heavy atom. The van der Waals surface area contributed by atoms with Gasteiger partial charge in [0.15, 0.2) is 0 Å². The van der Waals surface area contributed by atoms with E-state index in [0.29, 0.717) is 6.61 Å². The summed E-state index contributed by atoms with van der Waals surface area (Å²) in [7, 11) is 0. The molecule has 0 aliphatic rings. The highest BCUT2D eigenvalue weighted by Gasteiger charge is 2.00. The van der Waals surface area contributed by atoms with Crippen LogP contribution in [0.25, 0.3) is 11.1 Å². The van der Waals surface area contributed by atoms with Gasteiger partial charge in [0.05, 0.1) is 0 Å². The van der Waals surface area contributed by atoms with Crippen molar-refractivity contribution in [2.75, 3.05) is 6.61 Å².